The van der Waals surface area contributed by atoms with Crippen LogP contribution in [0.3, 0.4) is 0 Å². The Morgan fingerprint density at radius 1 is 0.886 bits per heavy atom. The molecule has 35 heavy (non-hydrogen) atoms. The van der Waals surface area contributed by atoms with Crippen LogP contribution in [0.2, 0.25) is 0 Å². The van der Waals surface area contributed by atoms with E-state index in [4.69, 9.17) is 14.2 Å². The number of hydrogen-bond donors (Lipinski definition) is 2. The first kappa shape index (κ1) is 25.4. The third kappa shape index (κ3) is 6.87. The highest BCUT2D eigenvalue weighted by atomic mass is 79.9. The molecule has 11 heteroatoms. The number of esters is 1. The molecule has 9 nitrogen and oxygen atoms in total. The van der Waals surface area contributed by atoms with Crippen molar-refractivity contribution < 1.29 is 33.0 Å². The smallest absolute Gasteiger partial charge is 0.343 e. The SMILES string of the molecule is COc1ccc(C(=O)Oc2ccc(Br)cc2C=NNC(=O)C(=O)Nc2ccc(F)cc2)cc1OC. The number of hydrogen-bond acceptors (Lipinski definition) is 7. The van der Waals surface area contributed by atoms with Crippen molar-refractivity contribution in [3.63, 3.8) is 0 Å². The molecule has 0 heterocycles. The number of halogens is 2. The molecule has 0 aliphatic heterocycles. The molecule has 0 aromatic heterocycles. The Bertz CT molecular complexity index is 1280. The van der Waals surface area contributed by atoms with Crippen LogP contribution in [0.5, 0.6) is 17.2 Å². The van der Waals surface area contributed by atoms with Crippen LogP contribution in [0, 0.1) is 5.82 Å². The van der Waals surface area contributed by atoms with Crippen LogP contribution in [0.25, 0.3) is 0 Å². The van der Waals surface area contributed by atoms with Gasteiger partial charge < -0.3 is 19.5 Å². The van der Waals surface area contributed by atoms with Crippen LogP contribution in [0.1, 0.15) is 15.9 Å². The number of nitrogens with one attached hydrogen (secondary N) is 2. The third-order valence-electron chi connectivity index (χ3n) is 4.47. The molecule has 3 rings (SSSR count). The number of carbonyl (C=O) groups excluding carboxylic acids is 3. The molecule has 2 amide bonds. The van der Waals surface area contributed by atoms with Crippen LogP contribution in [0.15, 0.2) is 70.2 Å². The zero-order valence-electron chi connectivity index (χ0n) is 18.5. The van der Waals surface area contributed by atoms with Gasteiger partial charge in [0.15, 0.2) is 11.5 Å². The summed E-state index contributed by atoms with van der Waals surface area (Å²) in [5.41, 5.74) is 2.88. The Hall–Kier alpha value is -4.25. The van der Waals surface area contributed by atoms with Crippen molar-refractivity contribution in [2.24, 2.45) is 5.10 Å². The highest BCUT2D eigenvalue weighted by Crippen LogP contribution is 2.29. The second-order valence-corrected chi connectivity index (χ2v) is 7.72. The first-order valence-corrected chi connectivity index (χ1v) is 10.7. The van der Waals surface area contributed by atoms with Crippen molar-refractivity contribution in [1.82, 2.24) is 5.43 Å². The molecule has 0 atom stereocenters. The van der Waals surface area contributed by atoms with Gasteiger partial charge in [-0.2, -0.15) is 5.10 Å². The van der Waals surface area contributed by atoms with E-state index < -0.39 is 23.6 Å². The molecule has 0 aliphatic carbocycles. The Kier molecular flexibility index (Phi) is 8.52. The van der Waals surface area contributed by atoms with E-state index in [9.17, 15) is 18.8 Å². The highest BCUT2D eigenvalue weighted by Gasteiger charge is 2.16. The molecule has 0 saturated heterocycles. The van der Waals surface area contributed by atoms with Gasteiger partial charge in [0.1, 0.15) is 11.6 Å². The van der Waals surface area contributed by atoms with Crippen LogP contribution in [-0.4, -0.2) is 38.2 Å². The van der Waals surface area contributed by atoms with E-state index in [0.29, 0.717) is 21.5 Å². The lowest BCUT2D eigenvalue weighted by molar-refractivity contribution is -0.136. The van der Waals surface area contributed by atoms with Gasteiger partial charge in [-0.1, -0.05) is 15.9 Å². The van der Waals surface area contributed by atoms with Gasteiger partial charge in [0.2, 0.25) is 0 Å². The first-order chi connectivity index (χ1) is 16.8. The second-order valence-electron chi connectivity index (χ2n) is 6.80. The van der Waals surface area contributed by atoms with E-state index in [1.807, 2.05) is 0 Å². The Balaban J connectivity index is 1.69. The summed E-state index contributed by atoms with van der Waals surface area (Å²) in [5, 5.41) is 6.07. The van der Waals surface area contributed by atoms with Crippen LogP contribution in [0.4, 0.5) is 10.1 Å². The summed E-state index contributed by atoms with van der Waals surface area (Å²) in [6.45, 7) is 0. The second kappa shape index (κ2) is 11.7. The molecule has 2 N–H and O–H groups in total. The Morgan fingerprint density at radius 2 is 1.57 bits per heavy atom. The van der Waals surface area contributed by atoms with Crippen molar-refractivity contribution in [3.05, 3.63) is 82.1 Å². The Labute approximate surface area is 208 Å². The van der Waals surface area contributed by atoms with Gasteiger partial charge in [-0.25, -0.2) is 14.6 Å². The summed E-state index contributed by atoms with van der Waals surface area (Å²) < 4.78 is 29.5. The van der Waals surface area contributed by atoms with E-state index in [1.165, 1.54) is 50.8 Å². The van der Waals surface area contributed by atoms with Gasteiger partial charge in [-0.15, -0.1) is 0 Å². The zero-order valence-corrected chi connectivity index (χ0v) is 20.1. The van der Waals surface area contributed by atoms with Crippen LogP contribution >= 0.6 is 15.9 Å². The average molecular weight is 544 g/mol. The molecular formula is C24H19BrFN3O6. The lowest BCUT2D eigenvalue weighted by Gasteiger charge is -2.11. The summed E-state index contributed by atoms with van der Waals surface area (Å²) in [6, 6.07) is 14.3. The van der Waals surface area contributed by atoms with Crippen molar-refractivity contribution in [2.75, 3.05) is 19.5 Å². The normalized spacial score (nSPS) is 10.5. The summed E-state index contributed by atoms with van der Waals surface area (Å²) in [5.74, 6) is -2.21. The maximum absolute atomic E-state index is 13.0. The number of carbonyl (C=O) groups is 3. The molecule has 0 radical (unpaired) electrons. The predicted molar refractivity (Wildman–Crippen MR) is 129 cm³/mol. The van der Waals surface area contributed by atoms with Crippen molar-refractivity contribution in [2.45, 2.75) is 0 Å². The first-order valence-electron chi connectivity index (χ1n) is 9.94. The van der Waals surface area contributed by atoms with E-state index >= 15 is 0 Å². The molecule has 0 aliphatic rings. The van der Waals surface area contributed by atoms with E-state index in [0.717, 1.165) is 12.1 Å². The fraction of sp³-hybridized carbons (Fsp3) is 0.0833. The minimum atomic E-state index is -1.05. The maximum Gasteiger partial charge on any atom is 0.343 e. The number of ether oxygens (including phenoxy) is 3. The van der Waals surface area contributed by atoms with Crippen LogP contribution in [-0.2, 0) is 9.59 Å². The quantitative estimate of drug-likeness (QED) is 0.153. The maximum atomic E-state index is 13.0. The Morgan fingerprint density at radius 3 is 2.26 bits per heavy atom. The molecule has 0 saturated carbocycles. The summed E-state index contributed by atoms with van der Waals surface area (Å²) >= 11 is 3.32. The van der Waals surface area contributed by atoms with E-state index in [1.54, 1.807) is 18.2 Å². The van der Waals surface area contributed by atoms with Gasteiger partial charge in [0.05, 0.1) is 26.0 Å². The molecule has 180 valence electrons. The van der Waals surface area contributed by atoms with E-state index in [-0.39, 0.29) is 17.0 Å². The van der Waals surface area contributed by atoms with Crippen LogP contribution < -0.4 is 25.0 Å². The minimum absolute atomic E-state index is 0.154. The molecular weight excluding hydrogens is 525 g/mol. The monoisotopic (exact) mass is 543 g/mol. The van der Waals surface area contributed by atoms with Gasteiger partial charge >= 0.3 is 17.8 Å². The number of rotatable bonds is 7. The van der Waals surface area contributed by atoms with Gasteiger partial charge in [0, 0.05) is 15.7 Å². The van der Waals surface area contributed by atoms with Gasteiger partial charge in [0.25, 0.3) is 0 Å². The summed E-state index contributed by atoms with van der Waals surface area (Å²) in [7, 11) is 2.93. The number of methoxy groups -OCH3 is 2. The van der Waals surface area contributed by atoms with E-state index in [2.05, 4.69) is 31.8 Å². The van der Waals surface area contributed by atoms with Crippen molar-refractivity contribution in [3.8, 4) is 17.2 Å². The molecule has 0 bridgehead atoms. The zero-order chi connectivity index (χ0) is 25.4. The lowest BCUT2D eigenvalue weighted by atomic mass is 10.2. The number of benzene rings is 3. The number of hydrazone groups is 1. The molecule has 3 aromatic rings. The number of amides is 2. The van der Waals surface area contributed by atoms with Gasteiger partial charge in [-0.3, -0.25) is 9.59 Å². The number of anilines is 1. The molecule has 0 spiro atoms. The highest BCUT2D eigenvalue weighted by molar-refractivity contribution is 9.10. The van der Waals surface area contributed by atoms with Crippen molar-refractivity contribution in [1.29, 1.82) is 0 Å². The fourth-order valence-electron chi connectivity index (χ4n) is 2.77. The van der Waals surface area contributed by atoms with Crippen molar-refractivity contribution >= 4 is 45.6 Å². The molecule has 0 unspecified atom stereocenters. The number of nitrogens with zero attached hydrogens (tertiary/aromatic N) is 1. The lowest BCUT2D eigenvalue weighted by Crippen LogP contribution is -2.32. The minimum Gasteiger partial charge on any atom is -0.493 e. The molecule has 0 fully saturated rings. The average Bonchev–Trinajstić information content (AvgIpc) is 2.86. The summed E-state index contributed by atoms with van der Waals surface area (Å²) in [6.07, 6.45) is 1.21. The summed E-state index contributed by atoms with van der Waals surface area (Å²) in [4.78, 5) is 36.6. The van der Waals surface area contributed by atoms with Gasteiger partial charge in [-0.05, 0) is 60.7 Å². The standard InChI is InChI=1S/C24H19BrFN3O6/c1-33-20-9-3-14(12-21(20)34-2)24(32)35-19-10-4-16(25)11-15(19)13-27-29-23(31)22(30)28-18-7-5-17(26)6-8-18/h3-13H,1-2H3,(H,28,30)(H,29,31). The predicted octanol–water partition coefficient (Wildman–Crippen LogP) is 3.91. The topological polar surface area (TPSA) is 115 Å². The molecule has 3 aromatic carbocycles. The largest absolute Gasteiger partial charge is 0.493 e. The fourth-order valence-corrected chi connectivity index (χ4v) is 3.15. The third-order valence-corrected chi connectivity index (χ3v) is 4.97.